The molecule has 1 saturated carbocycles. The summed E-state index contributed by atoms with van der Waals surface area (Å²) in [5.74, 6) is -0.924. The second-order valence-electron chi connectivity index (χ2n) is 5.83. The molecule has 0 spiro atoms. The molecule has 0 aromatic heterocycles. The second-order valence-corrected chi connectivity index (χ2v) is 5.83. The number of ether oxygens (including phenoxy) is 3. The van der Waals surface area contributed by atoms with Gasteiger partial charge in [0.05, 0.1) is 19.8 Å². The minimum absolute atomic E-state index is 0.353. The van der Waals surface area contributed by atoms with Crippen LogP contribution in [0.25, 0.3) is 0 Å². The molecule has 25 heavy (non-hydrogen) atoms. The van der Waals surface area contributed by atoms with Gasteiger partial charge in [0.15, 0.2) is 0 Å². The van der Waals surface area contributed by atoms with E-state index in [1.54, 1.807) is 19.2 Å². The summed E-state index contributed by atoms with van der Waals surface area (Å²) >= 11 is 0. The lowest BCUT2D eigenvalue weighted by Crippen LogP contribution is -2.44. The van der Waals surface area contributed by atoms with Crippen LogP contribution in [0.2, 0.25) is 0 Å². The van der Waals surface area contributed by atoms with Crippen molar-refractivity contribution in [3.8, 4) is 0 Å². The molecule has 1 atom stereocenters. The number of benzene rings is 1. The van der Waals surface area contributed by atoms with Crippen molar-refractivity contribution in [1.29, 1.82) is 0 Å². The number of hydrogen-bond acceptors (Lipinski definition) is 6. The first kappa shape index (κ1) is 18.7. The Hall–Kier alpha value is -2.61. The van der Waals surface area contributed by atoms with E-state index in [-0.39, 0.29) is 5.60 Å². The summed E-state index contributed by atoms with van der Waals surface area (Å²) in [7, 11) is 4.13. The summed E-state index contributed by atoms with van der Waals surface area (Å²) in [5, 5.41) is 5.17. The minimum Gasteiger partial charge on any atom is -0.467 e. The van der Waals surface area contributed by atoms with E-state index >= 15 is 0 Å². The average Bonchev–Trinajstić information content (AvgIpc) is 3.41. The Bertz CT molecular complexity index is 639. The van der Waals surface area contributed by atoms with Crippen molar-refractivity contribution in [3.63, 3.8) is 0 Å². The van der Waals surface area contributed by atoms with Crippen molar-refractivity contribution in [1.82, 2.24) is 5.32 Å². The molecule has 2 rings (SSSR count). The van der Waals surface area contributed by atoms with Crippen LogP contribution in [0, 0.1) is 0 Å². The second kappa shape index (κ2) is 7.98. The van der Waals surface area contributed by atoms with Crippen molar-refractivity contribution in [2.75, 3.05) is 26.6 Å². The van der Waals surface area contributed by atoms with Gasteiger partial charge in [-0.2, -0.15) is 0 Å². The van der Waals surface area contributed by atoms with Crippen LogP contribution in [0.15, 0.2) is 24.3 Å². The van der Waals surface area contributed by atoms with E-state index in [0.717, 1.165) is 12.8 Å². The molecule has 0 radical (unpaired) electrons. The number of esters is 1. The van der Waals surface area contributed by atoms with E-state index in [2.05, 4.69) is 15.4 Å². The number of carbonyl (C=O) groups is 3. The highest BCUT2D eigenvalue weighted by molar-refractivity contribution is 5.97. The summed E-state index contributed by atoms with van der Waals surface area (Å²) in [5.41, 5.74) is 0.483. The molecule has 2 N–H and O–H groups in total. The molecule has 0 heterocycles. The Kier molecular flexibility index (Phi) is 5.97. The van der Waals surface area contributed by atoms with Gasteiger partial charge in [0.25, 0.3) is 5.91 Å². The van der Waals surface area contributed by atoms with Gasteiger partial charge in [0.1, 0.15) is 6.04 Å². The smallest absolute Gasteiger partial charge is 0.411 e. The summed E-state index contributed by atoms with van der Waals surface area (Å²) in [6, 6.07) is 5.43. The molecule has 1 aromatic rings. The van der Waals surface area contributed by atoms with E-state index in [1.165, 1.54) is 26.4 Å². The van der Waals surface area contributed by atoms with Gasteiger partial charge in [0.2, 0.25) is 0 Å². The zero-order valence-corrected chi connectivity index (χ0v) is 14.5. The SMILES string of the molecule is COC(=O)Nc1ccc(C(=O)NC(CC2(OC)CC2)C(=O)OC)cc1. The van der Waals surface area contributed by atoms with Gasteiger partial charge < -0.3 is 19.5 Å². The third-order valence-electron chi connectivity index (χ3n) is 4.19. The minimum atomic E-state index is -0.784. The van der Waals surface area contributed by atoms with E-state index in [0.29, 0.717) is 17.7 Å². The Morgan fingerprint density at radius 3 is 2.20 bits per heavy atom. The van der Waals surface area contributed by atoms with Crippen LogP contribution in [0.5, 0.6) is 0 Å². The molecule has 1 aromatic carbocycles. The lowest BCUT2D eigenvalue weighted by molar-refractivity contribution is -0.144. The highest BCUT2D eigenvalue weighted by atomic mass is 16.5. The third kappa shape index (κ3) is 4.93. The van der Waals surface area contributed by atoms with Crippen molar-refractivity contribution < 1.29 is 28.6 Å². The third-order valence-corrected chi connectivity index (χ3v) is 4.19. The number of amides is 2. The fourth-order valence-corrected chi connectivity index (χ4v) is 2.45. The predicted molar refractivity (Wildman–Crippen MR) is 89.3 cm³/mol. The highest BCUT2D eigenvalue weighted by Crippen LogP contribution is 2.43. The van der Waals surface area contributed by atoms with Gasteiger partial charge in [0, 0.05) is 24.8 Å². The van der Waals surface area contributed by atoms with Crippen molar-refractivity contribution >= 4 is 23.7 Å². The summed E-state index contributed by atoms with van der Waals surface area (Å²) in [4.78, 5) is 35.5. The maximum Gasteiger partial charge on any atom is 0.411 e. The molecule has 1 aliphatic rings. The molecule has 8 nitrogen and oxygen atoms in total. The Morgan fingerprint density at radius 2 is 1.72 bits per heavy atom. The van der Waals surface area contributed by atoms with Crippen molar-refractivity contribution in [2.45, 2.75) is 30.9 Å². The van der Waals surface area contributed by atoms with Crippen LogP contribution in [0.3, 0.4) is 0 Å². The van der Waals surface area contributed by atoms with E-state index in [1.807, 2.05) is 0 Å². The van der Waals surface area contributed by atoms with Gasteiger partial charge >= 0.3 is 12.1 Å². The maximum atomic E-state index is 12.4. The molecule has 0 aliphatic heterocycles. The van der Waals surface area contributed by atoms with Crippen molar-refractivity contribution in [2.24, 2.45) is 0 Å². The Labute approximate surface area is 145 Å². The van der Waals surface area contributed by atoms with Crippen molar-refractivity contribution in [3.05, 3.63) is 29.8 Å². The number of rotatable bonds is 7. The van der Waals surface area contributed by atoms with Crippen LogP contribution in [-0.4, -0.2) is 50.9 Å². The largest absolute Gasteiger partial charge is 0.467 e. The van der Waals surface area contributed by atoms with Crippen LogP contribution in [0.4, 0.5) is 10.5 Å². The lowest BCUT2D eigenvalue weighted by atomic mass is 10.1. The maximum absolute atomic E-state index is 12.4. The topological polar surface area (TPSA) is 103 Å². The van der Waals surface area contributed by atoms with Gasteiger partial charge in [-0.25, -0.2) is 9.59 Å². The highest BCUT2D eigenvalue weighted by Gasteiger charge is 2.46. The zero-order valence-electron chi connectivity index (χ0n) is 14.5. The lowest BCUT2D eigenvalue weighted by Gasteiger charge is -2.21. The molecule has 0 saturated heterocycles. The summed E-state index contributed by atoms with van der Waals surface area (Å²) in [6.45, 7) is 0. The first-order valence-electron chi connectivity index (χ1n) is 7.82. The number of hydrogen-bond donors (Lipinski definition) is 2. The van der Waals surface area contributed by atoms with Crippen LogP contribution in [0.1, 0.15) is 29.6 Å². The molecule has 136 valence electrons. The number of methoxy groups -OCH3 is 3. The zero-order chi connectivity index (χ0) is 18.4. The number of anilines is 1. The van der Waals surface area contributed by atoms with Crippen LogP contribution < -0.4 is 10.6 Å². The van der Waals surface area contributed by atoms with E-state index < -0.39 is 24.0 Å². The molecule has 1 unspecified atom stereocenters. The predicted octanol–water partition coefficient (Wildman–Crippen LogP) is 1.71. The molecular formula is C17H22N2O6. The molecular weight excluding hydrogens is 328 g/mol. The quantitative estimate of drug-likeness (QED) is 0.726. The first-order chi connectivity index (χ1) is 11.9. The number of nitrogens with one attached hydrogen (secondary N) is 2. The van der Waals surface area contributed by atoms with Crippen LogP contribution >= 0.6 is 0 Å². The summed E-state index contributed by atoms with van der Waals surface area (Å²) in [6.07, 6.45) is 1.46. The van der Waals surface area contributed by atoms with Gasteiger partial charge in [-0.1, -0.05) is 0 Å². The molecule has 1 aliphatic carbocycles. The summed E-state index contributed by atoms with van der Waals surface area (Å²) < 4.78 is 14.7. The standard InChI is InChI=1S/C17H22N2O6/c1-23-15(21)13(10-17(25-3)8-9-17)19-14(20)11-4-6-12(7-5-11)18-16(22)24-2/h4-7,13H,8-10H2,1-3H3,(H,18,22)(H,19,20). The Balaban J connectivity index is 2.02. The number of carbonyl (C=O) groups excluding carboxylic acids is 3. The molecule has 0 bridgehead atoms. The molecule has 8 heteroatoms. The normalized spacial score (nSPS) is 15.6. The van der Waals surface area contributed by atoms with Gasteiger partial charge in [-0.05, 0) is 37.1 Å². The van der Waals surface area contributed by atoms with Gasteiger partial charge in [-0.3, -0.25) is 10.1 Å². The van der Waals surface area contributed by atoms with E-state index in [9.17, 15) is 14.4 Å². The van der Waals surface area contributed by atoms with Crippen LogP contribution in [-0.2, 0) is 19.0 Å². The van der Waals surface area contributed by atoms with Gasteiger partial charge in [-0.15, -0.1) is 0 Å². The fraction of sp³-hybridized carbons (Fsp3) is 0.471. The van der Waals surface area contributed by atoms with E-state index in [4.69, 9.17) is 9.47 Å². The monoisotopic (exact) mass is 350 g/mol. The fourth-order valence-electron chi connectivity index (χ4n) is 2.45. The molecule has 2 amide bonds. The Morgan fingerprint density at radius 1 is 1.08 bits per heavy atom. The first-order valence-corrected chi connectivity index (χ1v) is 7.82. The average molecular weight is 350 g/mol. The molecule has 1 fully saturated rings.